The van der Waals surface area contributed by atoms with Gasteiger partial charge in [0, 0.05) is 5.73 Å². The van der Waals surface area contributed by atoms with E-state index in [4.69, 9.17) is 0 Å². The predicted octanol–water partition coefficient (Wildman–Crippen LogP) is 1.52. The highest BCUT2D eigenvalue weighted by atomic mass is 28.3. The molecule has 0 aliphatic heterocycles. The molecule has 12 heavy (non-hydrogen) atoms. The van der Waals surface area contributed by atoms with E-state index in [2.05, 4.69) is 25.2 Å². The van der Waals surface area contributed by atoms with Gasteiger partial charge in [-0.05, 0) is 6.92 Å². The van der Waals surface area contributed by atoms with Crippen LogP contribution in [0.1, 0.15) is 6.92 Å². The highest BCUT2D eigenvalue weighted by molar-refractivity contribution is 6.90. The average Bonchev–Trinajstić information content (AvgIpc) is 2.06. The van der Waals surface area contributed by atoms with E-state index in [1.807, 2.05) is 25.1 Å². The first-order chi connectivity index (χ1) is 5.55. The summed E-state index contributed by atoms with van der Waals surface area (Å²) < 4.78 is 0. The van der Waals surface area contributed by atoms with Gasteiger partial charge in [-0.25, -0.2) is 0 Å². The monoisotopic (exact) mass is 180 g/mol. The van der Waals surface area contributed by atoms with E-state index >= 15 is 0 Å². The zero-order chi connectivity index (χ0) is 9.19. The zero-order valence-corrected chi connectivity index (χ0v) is 8.91. The molecule has 0 bridgehead atoms. The lowest BCUT2D eigenvalue weighted by Gasteiger charge is -2.25. The Labute approximate surface area is 75.1 Å². The number of benzene rings is 1. The quantitative estimate of drug-likeness (QED) is 0.684. The van der Waals surface area contributed by atoms with E-state index in [-0.39, 0.29) is 5.73 Å². The largest absolute Gasteiger partial charge is 0.396 e. The van der Waals surface area contributed by atoms with Gasteiger partial charge >= 0.3 is 0 Å². The van der Waals surface area contributed by atoms with Crippen LogP contribution in [0.2, 0.25) is 13.1 Å². The van der Waals surface area contributed by atoms with Gasteiger partial charge in [-0.2, -0.15) is 0 Å². The summed E-state index contributed by atoms with van der Waals surface area (Å²) in [4.78, 5) is 0. The van der Waals surface area contributed by atoms with Crippen LogP contribution in [0.15, 0.2) is 30.3 Å². The van der Waals surface area contributed by atoms with E-state index in [1.165, 1.54) is 5.19 Å². The van der Waals surface area contributed by atoms with Crippen LogP contribution < -0.4 is 5.19 Å². The summed E-state index contributed by atoms with van der Waals surface area (Å²) in [6.07, 6.45) is 0. The van der Waals surface area contributed by atoms with Crippen molar-refractivity contribution in [1.82, 2.24) is 0 Å². The molecule has 0 unspecified atom stereocenters. The molecule has 0 radical (unpaired) electrons. The third-order valence-corrected chi connectivity index (χ3v) is 6.47. The number of hydrogen-bond donors (Lipinski definition) is 1. The van der Waals surface area contributed by atoms with Crippen LogP contribution in [0, 0.1) is 0 Å². The second kappa shape index (κ2) is 3.41. The molecule has 66 valence electrons. The Morgan fingerprint density at radius 2 is 1.67 bits per heavy atom. The summed E-state index contributed by atoms with van der Waals surface area (Å²) >= 11 is 0. The van der Waals surface area contributed by atoms with Gasteiger partial charge in [0.25, 0.3) is 0 Å². The van der Waals surface area contributed by atoms with Crippen LogP contribution in [-0.4, -0.2) is 18.9 Å². The van der Waals surface area contributed by atoms with E-state index in [1.54, 1.807) is 0 Å². The molecule has 0 aliphatic rings. The van der Waals surface area contributed by atoms with Crippen molar-refractivity contribution in [3.05, 3.63) is 30.3 Å². The molecule has 1 N–H and O–H groups in total. The van der Waals surface area contributed by atoms with Crippen molar-refractivity contribution in [1.29, 1.82) is 0 Å². The molecule has 0 spiro atoms. The van der Waals surface area contributed by atoms with Crippen molar-refractivity contribution in [2.75, 3.05) is 0 Å². The molecular formula is C10H16OSi. The Bertz CT molecular complexity index is 241. The molecule has 0 saturated heterocycles. The third-order valence-electron chi connectivity index (χ3n) is 2.56. The standard InChI is InChI=1S/C10H16OSi/c1-9(11)12(2,3)10-7-5-4-6-8-10/h4-9,11H,1-3H3/t9-/m0/s1. The number of aliphatic hydroxyl groups is 1. The summed E-state index contributed by atoms with van der Waals surface area (Å²) in [5, 5.41) is 10.9. The third kappa shape index (κ3) is 1.76. The molecular weight excluding hydrogens is 164 g/mol. The summed E-state index contributed by atoms with van der Waals surface area (Å²) in [5.74, 6) is 0. The molecule has 0 fully saturated rings. The summed E-state index contributed by atoms with van der Waals surface area (Å²) in [5.41, 5.74) is -0.181. The Hall–Kier alpha value is -0.603. The fraction of sp³-hybridized carbons (Fsp3) is 0.400. The molecule has 0 aromatic heterocycles. The lowest BCUT2D eigenvalue weighted by molar-refractivity contribution is 0.266. The van der Waals surface area contributed by atoms with Crippen molar-refractivity contribution in [3.8, 4) is 0 Å². The molecule has 0 saturated carbocycles. The Morgan fingerprint density at radius 1 is 1.17 bits per heavy atom. The summed E-state index contributed by atoms with van der Waals surface area (Å²) in [6.45, 7) is 6.26. The minimum Gasteiger partial charge on any atom is -0.396 e. The molecule has 0 amide bonds. The normalized spacial score (nSPS) is 14.3. The van der Waals surface area contributed by atoms with Crippen LogP contribution in [0.3, 0.4) is 0 Å². The van der Waals surface area contributed by atoms with E-state index in [9.17, 15) is 5.11 Å². The maximum atomic E-state index is 9.60. The van der Waals surface area contributed by atoms with Crippen LogP contribution in [-0.2, 0) is 0 Å². The second-order valence-electron chi connectivity index (χ2n) is 3.76. The minimum atomic E-state index is -1.60. The second-order valence-corrected chi connectivity index (χ2v) is 8.62. The Balaban J connectivity index is 2.98. The molecule has 1 nitrogen and oxygen atoms in total. The minimum absolute atomic E-state index is 0.181. The van der Waals surface area contributed by atoms with E-state index in [0.29, 0.717) is 0 Å². The maximum absolute atomic E-state index is 9.60. The first kappa shape index (κ1) is 9.48. The Kier molecular flexibility index (Phi) is 2.70. The molecule has 0 heterocycles. The average molecular weight is 180 g/mol. The van der Waals surface area contributed by atoms with Crippen LogP contribution in [0.4, 0.5) is 0 Å². The highest BCUT2D eigenvalue weighted by Crippen LogP contribution is 2.07. The van der Waals surface area contributed by atoms with Crippen LogP contribution in [0.5, 0.6) is 0 Å². The maximum Gasteiger partial charge on any atom is 0.112 e. The SMILES string of the molecule is C[C@@H](O)[Si](C)(C)c1ccccc1. The molecule has 1 rings (SSSR count). The van der Waals surface area contributed by atoms with Gasteiger partial charge in [0.05, 0.1) is 0 Å². The molecule has 1 aromatic rings. The molecule has 1 aromatic carbocycles. The summed E-state index contributed by atoms with van der Waals surface area (Å²) in [6, 6.07) is 10.3. The number of hydrogen-bond acceptors (Lipinski definition) is 1. The van der Waals surface area contributed by atoms with Crippen molar-refractivity contribution in [3.63, 3.8) is 0 Å². The van der Waals surface area contributed by atoms with Gasteiger partial charge in [0.1, 0.15) is 8.07 Å². The Morgan fingerprint density at radius 3 is 2.08 bits per heavy atom. The lowest BCUT2D eigenvalue weighted by Crippen LogP contribution is -2.51. The fourth-order valence-electron chi connectivity index (χ4n) is 1.11. The van der Waals surface area contributed by atoms with Gasteiger partial charge in [-0.1, -0.05) is 48.6 Å². The summed E-state index contributed by atoms with van der Waals surface area (Å²) in [7, 11) is -1.60. The fourth-order valence-corrected chi connectivity index (χ4v) is 2.64. The predicted molar refractivity (Wildman–Crippen MR) is 55.2 cm³/mol. The topological polar surface area (TPSA) is 20.2 Å². The highest BCUT2D eigenvalue weighted by Gasteiger charge is 2.28. The van der Waals surface area contributed by atoms with Crippen LogP contribution in [0.25, 0.3) is 0 Å². The lowest BCUT2D eigenvalue weighted by atomic mass is 10.4. The first-order valence-corrected chi connectivity index (χ1v) is 7.36. The smallest absolute Gasteiger partial charge is 0.112 e. The van der Waals surface area contributed by atoms with Crippen molar-refractivity contribution in [2.24, 2.45) is 0 Å². The van der Waals surface area contributed by atoms with Gasteiger partial charge in [-0.3, -0.25) is 0 Å². The van der Waals surface area contributed by atoms with Crippen molar-refractivity contribution in [2.45, 2.75) is 25.7 Å². The molecule has 0 aliphatic carbocycles. The number of rotatable bonds is 2. The van der Waals surface area contributed by atoms with E-state index in [0.717, 1.165) is 0 Å². The van der Waals surface area contributed by atoms with Crippen LogP contribution >= 0.6 is 0 Å². The van der Waals surface area contributed by atoms with Gasteiger partial charge in [0.15, 0.2) is 0 Å². The molecule has 2 heteroatoms. The zero-order valence-electron chi connectivity index (χ0n) is 7.91. The molecule has 1 atom stereocenters. The van der Waals surface area contributed by atoms with Crippen molar-refractivity contribution >= 4 is 13.3 Å². The van der Waals surface area contributed by atoms with Gasteiger partial charge in [0.2, 0.25) is 0 Å². The van der Waals surface area contributed by atoms with Gasteiger partial charge < -0.3 is 5.11 Å². The first-order valence-electron chi connectivity index (χ1n) is 4.28. The number of aliphatic hydroxyl groups excluding tert-OH is 1. The van der Waals surface area contributed by atoms with E-state index < -0.39 is 8.07 Å². The van der Waals surface area contributed by atoms with Gasteiger partial charge in [-0.15, -0.1) is 0 Å². The van der Waals surface area contributed by atoms with Crippen molar-refractivity contribution < 1.29 is 5.11 Å².